The van der Waals surface area contributed by atoms with E-state index in [1.165, 1.54) is 0 Å². The van der Waals surface area contributed by atoms with Crippen molar-refractivity contribution >= 4 is 0 Å². The fourth-order valence-corrected chi connectivity index (χ4v) is 2.93. The van der Waals surface area contributed by atoms with E-state index in [0.29, 0.717) is 26.1 Å². The molecule has 1 aliphatic carbocycles. The first-order valence-corrected chi connectivity index (χ1v) is 5.74. The summed E-state index contributed by atoms with van der Waals surface area (Å²) < 4.78 is 27.2. The van der Waals surface area contributed by atoms with Gasteiger partial charge >= 0.3 is 0 Å². The Balaban J connectivity index is 1.91. The van der Waals surface area contributed by atoms with Crippen molar-refractivity contribution in [3.63, 3.8) is 0 Å². The first-order valence-electron chi connectivity index (χ1n) is 5.74. The van der Waals surface area contributed by atoms with Crippen LogP contribution in [0.4, 0.5) is 8.78 Å². The Hall–Kier alpha value is -0.870. The Morgan fingerprint density at radius 1 is 1.44 bits per heavy atom. The van der Waals surface area contributed by atoms with E-state index >= 15 is 0 Å². The molecule has 4 nitrogen and oxygen atoms in total. The zero-order valence-corrected chi connectivity index (χ0v) is 9.15. The largest absolute Gasteiger partial charge is 0.302 e. The molecule has 2 rings (SSSR count). The number of rotatable bonds is 3. The molecule has 0 spiro atoms. The molecule has 0 amide bonds. The Morgan fingerprint density at radius 3 is 2.94 bits per heavy atom. The molecule has 0 aromatic carbocycles. The number of azide groups is 1. The van der Waals surface area contributed by atoms with Gasteiger partial charge in [0.1, 0.15) is 0 Å². The highest BCUT2D eigenvalue weighted by molar-refractivity contribution is 4.95. The SMILES string of the molecule is [N-]=[N+]=NCCN1CC2CCCC(F)(F)C2C1. The van der Waals surface area contributed by atoms with Crippen LogP contribution in [-0.4, -0.2) is 37.0 Å². The molecule has 0 radical (unpaired) electrons. The van der Waals surface area contributed by atoms with Crippen LogP contribution in [0.2, 0.25) is 0 Å². The van der Waals surface area contributed by atoms with E-state index in [1.807, 2.05) is 4.90 Å². The normalized spacial score (nSPS) is 33.1. The van der Waals surface area contributed by atoms with Gasteiger partial charge in [-0.05, 0) is 24.3 Å². The van der Waals surface area contributed by atoms with Gasteiger partial charge in [-0.25, -0.2) is 8.78 Å². The second-order valence-corrected chi connectivity index (χ2v) is 4.73. The third kappa shape index (κ3) is 2.28. The molecule has 2 fully saturated rings. The van der Waals surface area contributed by atoms with Crippen molar-refractivity contribution in [2.45, 2.75) is 25.2 Å². The van der Waals surface area contributed by atoms with Gasteiger partial charge in [0.2, 0.25) is 0 Å². The van der Waals surface area contributed by atoms with Crippen molar-refractivity contribution in [1.82, 2.24) is 4.90 Å². The first-order chi connectivity index (χ1) is 7.63. The van der Waals surface area contributed by atoms with E-state index in [4.69, 9.17) is 5.53 Å². The van der Waals surface area contributed by atoms with Crippen LogP contribution in [0.5, 0.6) is 0 Å². The van der Waals surface area contributed by atoms with E-state index in [0.717, 1.165) is 13.0 Å². The summed E-state index contributed by atoms with van der Waals surface area (Å²) in [6.07, 6.45) is 1.59. The lowest BCUT2D eigenvalue weighted by molar-refractivity contribution is -0.0945. The van der Waals surface area contributed by atoms with Crippen molar-refractivity contribution in [2.75, 3.05) is 26.2 Å². The minimum atomic E-state index is -2.49. The zero-order chi connectivity index (χ0) is 11.6. The molecule has 1 aliphatic heterocycles. The van der Waals surface area contributed by atoms with Crippen LogP contribution in [0, 0.1) is 11.8 Å². The molecular formula is C10H16F2N4. The van der Waals surface area contributed by atoms with Crippen LogP contribution in [0.3, 0.4) is 0 Å². The number of halogens is 2. The van der Waals surface area contributed by atoms with Crippen LogP contribution in [0.25, 0.3) is 10.4 Å². The number of likely N-dealkylation sites (tertiary alicyclic amines) is 1. The highest BCUT2D eigenvalue weighted by atomic mass is 19.3. The van der Waals surface area contributed by atoms with Crippen LogP contribution in [0.1, 0.15) is 19.3 Å². The molecule has 16 heavy (non-hydrogen) atoms. The van der Waals surface area contributed by atoms with E-state index in [9.17, 15) is 8.78 Å². The van der Waals surface area contributed by atoms with Gasteiger partial charge in [0.25, 0.3) is 5.92 Å². The molecule has 2 atom stereocenters. The summed E-state index contributed by atoms with van der Waals surface area (Å²) in [6, 6.07) is 0. The zero-order valence-electron chi connectivity index (χ0n) is 9.15. The Bertz CT molecular complexity index is 301. The predicted octanol–water partition coefficient (Wildman–Crippen LogP) is 2.66. The van der Waals surface area contributed by atoms with Gasteiger partial charge in [0.15, 0.2) is 0 Å². The van der Waals surface area contributed by atoms with Crippen molar-refractivity contribution in [3.05, 3.63) is 10.4 Å². The highest BCUT2D eigenvalue weighted by Gasteiger charge is 2.50. The predicted molar refractivity (Wildman–Crippen MR) is 56.2 cm³/mol. The topological polar surface area (TPSA) is 52.0 Å². The molecular weight excluding hydrogens is 214 g/mol. The van der Waals surface area contributed by atoms with Gasteiger partial charge < -0.3 is 4.90 Å². The fraction of sp³-hybridized carbons (Fsp3) is 1.00. The molecule has 2 unspecified atom stereocenters. The third-order valence-corrected chi connectivity index (χ3v) is 3.72. The maximum Gasteiger partial charge on any atom is 0.252 e. The Kier molecular flexibility index (Phi) is 3.30. The van der Waals surface area contributed by atoms with Crippen molar-refractivity contribution < 1.29 is 8.78 Å². The molecule has 1 heterocycles. The summed E-state index contributed by atoms with van der Waals surface area (Å²) >= 11 is 0. The molecule has 0 aromatic rings. The van der Waals surface area contributed by atoms with Crippen molar-refractivity contribution in [1.29, 1.82) is 0 Å². The smallest absolute Gasteiger partial charge is 0.252 e. The van der Waals surface area contributed by atoms with Gasteiger partial charge in [-0.2, -0.15) is 0 Å². The van der Waals surface area contributed by atoms with Crippen LogP contribution < -0.4 is 0 Å². The summed E-state index contributed by atoms with van der Waals surface area (Å²) in [6.45, 7) is 2.18. The summed E-state index contributed by atoms with van der Waals surface area (Å²) in [5.74, 6) is -2.84. The molecule has 0 bridgehead atoms. The minimum Gasteiger partial charge on any atom is -0.302 e. The quantitative estimate of drug-likeness (QED) is 0.417. The lowest BCUT2D eigenvalue weighted by Crippen LogP contribution is -2.37. The monoisotopic (exact) mass is 230 g/mol. The molecule has 6 heteroatoms. The van der Waals surface area contributed by atoms with Crippen molar-refractivity contribution in [3.8, 4) is 0 Å². The number of hydrogen-bond acceptors (Lipinski definition) is 2. The molecule has 1 saturated heterocycles. The Labute approximate surface area is 93.2 Å². The first kappa shape index (κ1) is 11.6. The molecule has 90 valence electrons. The maximum absolute atomic E-state index is 13.6. The van der Waals surface area contributed by atoms with E-state index in [1.54, 1.807) is 0 Å². The van der Waals surface area contributed by atoms with E-state index in [-0.39, 0.29) is 12.3 Å². The van der Waals surface area contributed by atoms with E-state index < -0.39 is 11.8 Å². The van der Waals surface area contributed by atoms with Gasteiger partial charge in [-0.1, -0.05) is 5.11 Å². The molecule has 1 saturated carbocycles. The lowest BCUT2D eigenvalue weighted by Gasteiger charge is -2.32. The fourth-order valence-electron chi connectivity index (χ4n) is 2.93. The second kappa shape index (κ2) is 4.55. The average molecular weight is 230 g/mol. The van der Waals surface area contributed by atoms with E-state index in [2.05, 4.69) is 10.0 Å². The third-order valence-electron chi connectivity index (χ3n) is 3.72. The van der Waals surface area contributed by atoms with Crippen LogP contribution >= 0.6 is 0 Å². The molecule has 0 aromatic heterocycles. The number of nitrogens with zero attached hydrogens (tertiary/aromatic N) is 4. The summed E-state index contributed by atoms with van der Waals surface area (Å²) in [5, 5.41) is 3.44. The van der Waals surface area contributed by atoms with Crippen molar-refractivity contribution in [2.24, 2.45) is 17.0 Å². The van der Waals surface area contributed by atoms with Gasteiger partial charge in [-0.15, -0.1) is 0 Å². The second-order valence-electron chi connectivity index (χ2n) is 4.73. The van der Waals surface area contributed by atoms with Gasteiger partial charge in [-0.3, -0.25) is 0 Å². The summed E-state index contributed by atoms with van der Waals surface area (Å²) in [4.78, 5) is 4.67. The Morgan fingerprint density at radius 2 is 2.25 bits per heavy atom. The minimum absolute atomic E-state index is 0.0400. The summed E-state index contributed by atoms with van der Waals surface area (Å²) in [7, 11) is 0. The summed E-state index contributed by atoms with van der Waals surface area (Å²) in [5.41, 5.74) is 8.15. The number of fused-ring (bicyclic) bond motifs is 1. The standard InChI is InChI=1S/C10H16F2N4/c11-10(12)3-1-2-8-6-16(7-9(8)10)5-4-14-15-13/h8-9H,1-7H2. The number of hydrogen-bond donors (Lipinski definition) is 0. The van der Waals surface area contributed by atoms with Crippen LogP contribution in [0.15, 0.2) is 5.11 Å². The van der Waals surface area contributed by atoms with Crippen LogP contribution in [-0.2, 0) is 0 Å². The maximum atomic E-state index is 13.6. The molecule has 0 N–H and O–H groups in total. The van der Waals surface area contributed by atoms with Gasteiger partial charge in [0, 0.05) is 43.4 Å². The number of alkyl halides is 2. The highest BCUT2D eigenvalue weighted by Crippen LogP contribution is 2.45. The molecule has 2 aliphatic rings. The van der Waals surface area contributed by atoms with Gasteiger partial charge in [0.05, 0.1) is 0 Å². The lowest BCUT2D eigenvalue weighted by atomic mass is 9.79. The average Bonchev–Trinajstić information content (AvgIpc) is 2.62.